The molecule has 1 aromatic carbocycles. The van der Waals surface area contributed by atoms with Crippen LogP contribution in [-0.4, -0.2) is 24.9 Å². The molecule has 134 valence electrons. The van der Waals surface area contributed by atoms with Crippen molar-refractivity contribution in [2.45, 2.75) is 29.1 Å². The van der Waals surface area contributed by atoms with Gasteiger partial charge in [-0.25, -0.2) is 8.42 Å². The Morgan fingerprint density at radius 1 is 1.08 bits per heavy atom. The molecule has 1 rings (SSSR count). The molecule has 0 aliphatic rings. The minimum Gasteiger partial charge on any atom is -0.227 e. The second-order valence-corrected chi connectivity index (χ2v) is 8.05. The second kappa shape index (κ2) is 7.65. The van der Waals surface area contributed by atoms with Gasteiger partial charge in [0.05, 0.1) is 17.4 Å². The minimum atomic E-state index is -4.57. The molecular weight excluding hydrogens is 380 g/mol. The SMILES string of the molecule is N#CC(CCSC(F)(F)F)S(=O)(=O)Cc1ccc(C(F)(F)F)cc1. The third-order valence-electron chi connectivity index (χ3n) is 2.87. The molecule has 0 fully saturated rings. The van der Waals surface area contributed by atoms with Crippen LogP contribution < -0.4 is 0 Å². The molecule has 0 aliphatic heterocycles. The van der Waals surface area contributed by atoms with Crippen molar-refractivity contribution in [2.75, 3.05) is 5.75 Å². The number of benzene rings is 1. The zero-order chi connectivity index (χ0) is 18.6. The van der Waals surface area contributed by atoms with E-state index in [-0.39, 0.29) is 5.56 Å². The number of nitriles is 1. The molecule has 1 atom stereocenters. The van der Waals surface area contributed by atoms with E-state index in [9.17, 15) is 34.8 Å². The van der Waals surface area contributed by atoms with Crippen molar-refractivity contribution in [1.82, 2.24) is 0 Å². The summed E-state index contributed by atoms with van der Waals surface area (Å²) in [6.07, 6.45) is -5.09. The van der Waals surface area contributed by atoms with Crippen LogP contribution in [-0.2, 0) is 21.8 Å². The van der Waals surface area contributed by atoms with E-state index >= 15 is 0 Å². The van der Waals surface area contributed by atoms with Crippen LogP contribution in [0.15, 0.2) is 24.3 Å². The Morgan fingerprint density at radius 2 is 1.62 bits per heavy atom. The lowest BCUT2D eigenvalue weighted by Gasteiger charge is -2.12. The molecule has 0 aromatic heterocycles. The average Bonchev–Trinajstić information content (AvgIpc) is 2.41. The average molecular weight is 391 g/mol. The van der Waals surface area contributed by atoms with Gasteiger partial charge in [-0.1, -0.05) is 23.9 Å². The number of halogens is 6. The first kappa shape index (κ1) is 20.6. The summed E-state index contributed by atoms with van der Waals surface area (Å²) >= 11 is -0.436. The quantitative estimate of drug-likeness (QED) is 0.684. The molecule has 11 heteroatoms. The lowest BCUT2D eigenvalue weighted by Crippen LogP contribution is -2.22. The minimum absolute atomic E-state index is 0.0201. The number of hydrogen-bond donors (Lipinski definition) is 0. The molecule has 0 amide bonds. The molecule has 0 saturated carbocycles. The van der Waals surface area contributed by atoms with Gasteiger partial charge in [-0.2, -0.15) is 31.6 Å². The van der Waals surface area contributed by atoms with Gasteiger partial charge in [0.15, 0.2) is 9.84 Å². The van der Waals surface area contributed by atoms with Crippen molar-refractivity contribution in [3.8, 4) is 6.07 Å². The molecule has 0 spiro atoms. The summed E-state index contributed by atoms with van der Waals surface area (Å²) < 4.78 is 97.4. The molecule has 0 N–H and O–H groups in total. The Morgan fingerprint density at radius 3 is 2.04 bits per heavy atom. The normalized spacial score (nSPS) is 14.2. The Labute approximate surface area is 138 Å². The van der Waals surface area contributed by atoms with E-state index in [1.165, 1.54) is 6.07 Å². The highest BCUT2D eigenvalue weighted by molar-refractivity contribution is 8.00. The number of alkyl halides is 6. The molecule has 0 radical (unpaired) electrons. The summed E-state index contributed by atoms with van der Waals surface area (Å²) in [6.45, 7) is 0. The summed E-state index contributed by atoms with van der Waals surface area (Å²) in [6, 6.07) is 4.75. The van der Waals surface area contributed by atoms with Gasteiger partial charge in [0, 0.05) is 5.75 Å². The first-order valence-electron chi connectivity index (χ1n) is 6.33. The van der Waals surface area contributed by atoms with E-state index in [2.05, 4.69) is 0 Å². The predicted molar refractivity (Wildman–Crippen MR) is 76.6 cm³/mol. The number of hydrogen-bond acceptors (Lipinski definition) is 4. The fourth-order valence-electron chi connectivity index (χ4n) is 1.73. The summed E-state index contributed by atoms with van der Waals surface area (Å²) in [7, 11) is -4.11. The van der Waals surface area contributed by atoms with Crippen LogP contribution in [0.25, 0.3) is 0 Å². The van der Waals surface area contributed by atoms with Crippen molar-refractivity contribution in [3.63, 3.8) is 0 Å². The predicted octanol–water partition coefficient (Wildman–Crippen LogP) is 4.16. The van der Waals surface area contributed by atoms with Crippen LogP contribution in [0.2, 0.25) is 0 Å². The van der Waals surface area contributed by atoms with E-state index < -0.39 is 62.0 Å². The van der Waals surface area contributed by atoms with E-state index in [0.717, 1.165) is 12.1 Å². The highest BCUT2D eigenvalue weighted by Gasteiger charge is 2.32. The maximum absolute atomic E-state index is 12.4. The van der Waals surface area contributed by atoms with E-state index in [1.54, 1.807) is 0 Å². The molecule has 3 nitrogen and oxygen atoms in total. The molecule has 24 heavy (non-hydrogen) atoms. The molecule has 0 saturated heterocycles. The summed E-state index contributed by atoms with van der Waals surface area (Å²) in [5, 5.41) is 7.19. The number of thioether (sulfide) groups is 1. The lowest BCUT2D eigenvalue weighted by atomic mass is 10.1. The molecule has 0 aliphatic carbocycles. The van der Waals surface area contributed by atoms with Gasteiger partial charge in [0.2, 0.25) is 0 Å². The molecule has 1 aromatic rings. The van der Waals surface area contributed by atoms with Gasteiger partial charge in [-0.15, -0.1) is 0 Å². The standard InChI is InChI=1S/C13H11F6NO2S2/c14-12(15,16)10-3-1-9(2-4-10)8-24(21,22)11(7-20)5-6-23-13(17,18)19/h1-4,11H,5-6,8H2. The zero-order valence-corrected chi connectivity index (χ0v) is 13.5. The molecule has 0 bridgehead atoms. The van der Waals surface area contributed by atoms with Crippen molar-refractivity contribution in [2.24, 2.45) is 0 Å². The Kier molecular flexibility index (Phi) is 6.58. The first-order valence-corrected chi connectivity index (χ1v) is 9.03. The third kappa shape index (κ3) is 6.60. The van der Waals surface area contributed by atoms with Crippen molar-refractivity contribution < 1.29 is 34.8 Å². The van der Waals surface area contributed by atoms with Crippen LogP contribution in [0.4, 0.5) is 26.3 Å². The Hall–Kier alpha value is -1.41. The number of sulfone groups is 1. The number of nitrogens with zero attached hydrogens (tertiary/aromatic N) is 1. The van der Waals surface area contributed by atoms with Gasteiger partial charge < -0.3 is 0 Å². The summed E-state index contributed by atoms with van der Waals surface area (Å²) in [4.78, 5) is 0. The number of rotatable bonds is 6. The van der Waals surface area contributed by atoms with Gasteiger partial charge in [0.25, 0.3) is 0 Å². The molecule has 0 heterocycles. The highest BCUT2D eigenvalue weighted by atomic mass is 32.2. The van der Waals surface area contributed by atoms with E-state index in [0.29, 0.717) is 12.1 Å². The smallest absolute Gasteiger partial charge is 0.227 e. The molecule has 1 unspecified atom stereocenters. The van der Waals surface area contributed by atoms with Crippen molar-refractivity contribution in [3.05, 3.63) is 35.4 Å². The lowest BCUT2D eigenvalue weighted by molar-refractivity contribution is -0.137. The fourth-order valence-corrected chi connectivity index (χ4v) is 3.96. The molecular formula is C13H11F6NO2S2. The first-order chi connectivity index (χ1) is 10.8. The monoisotopic (exact) mass is 391 g/mol. The van der Waals surface area contributed by atoms with E-state index in [4.69, 9.17) is 5.26 Å². The second-order valence-electron chi connectivity index (χ2n) is 4.70. The fraction of sp³-hybridized carbons (Fsp3) is 0.462. The maximum Gasteiger partial charge on any atom is 0.441 e. The van der Waals surface area contributed by atoms with Gasteiger partial charge in [-0.05, 0) is 24.1 Å². The van der Waals surface area contributed by atoms with Crippen LogP contribution in [0.5, 0.6) is 0 Å². The van der Waals surface area contributed by atoms with Crippen LogP contribution in [0.1, 0.15) is 17.5 Å². The topological polar surface area (TPSA) is 57.9 Å². The third-order valence-corrected chi connectivity index (χ3v) is 5.58. The van der Waals surface area contributed by atoms with Gasteiger partial charge >= 0.3 is 11.7 Å². The van der Waals surface area contributed by atoms with Crippen LogP contribution in [0.3, 0.4) is 0 Å². The van der Waals surface area contributed by atoms with Crippen LogP contribution in [0, 0.1) is 11.3 Å². The van der Waals surface area contributed by atoms with E-state index in [1.807, 2.05) is 0 Å². The maximum atomic E-state index is 12.4. The summed E-state index contributed by atoms with van der Waals surface area (Å²) in [5.41, 5.74) is -5.47. The zero-order valence-electron chi connectivity index (χ0n) is 11.9. The van der Waals surface area contributed by atoms with Crippen molar-refractivity contribution in [1.29, 1.82) is 5.26 Å². The largest absolute Gasteiger partial charge is 0.441 e. The van der Waals surface area contributed by atoms with Crippen LogP contribution >= 0.6 is 11.8 Å². The van der Waals surface area contributed by atoms with Gasteiger partial charge in [-0.3, -0.25) is 0 Å². The Balaban J connectivity index is 2.78. The summed E-state index contributed by atoms with van der Waals surface area (Å²) in [5.74, 6) is -1.33. The highest BCUT2D eigenvalue weighted by Crippen LogP contribution is 2.32. The van der Waals surface area contributed by atoms with Crippen molar-refractivity contribution >= 4 is 21.6 Å². The van der Waals surface area contributed by atoms with Gasteiger partial charge in [0.1, 0.15) is 5.25 Å². The Bertz CT molecular complexity index is 689.